The number of carboxylic acid groups (broad SMARTS) is 1. The smallest absolute Gasteiger partial charge is 0.329 e. The number of hydrogen-bond acceptors (Lipinski definition) is 2. The molecule has 21 heavy (non-hydrogen) atoms. The van der Waals surface area contributed by atoms with Crippen LogP contribution >= 0.6 is 0 Å². The molecule has 0 aromatic heterocycles. The first-order chi connectivity index (χ1) is 9.85. The predicted octanol–water partition coefficient (Wildman–Crippen LogP) is 2.74. The van der Waals surface area contributed by atoms with Gasteiger partial charge in [-0.1, -0.05) is 13.0 Å². The van der Waals surface area contributed by atoms with Crippen LogP contribution in [0.1, 0.15) is 42.1 Å². The van der Waals surface area contributed by atoms with Gasteiger partial charge in [0.05, 0.1) is 0 Å². The van der Waals surface area contributed by atoms with Crippen LogP contribution in [0.25, 0.3) is 0 Å². The minimum absolute atomic E-state index is 0.149. The Morgan fingerprint density at radius 1 is 1.38 bits per heavy atom. The number of aliphatic carboxylic acids is 1. The Morgan fingerprint density at radius 2 is 2.05 bits per heavy atom. The number of carbonyl (C=O) groups excluding carboxylic acids is 1. The zero-order valence-electron chi connectivity index (χ0n) is 11.9. The van der Waals surface area contributed by atoms with Crippen LogP contribution in [0.2, 0.25) is 0 Å². The van der Waals surface area contributed by atoms with Crippen LogP contribution in [-0.4, -0.2) is 34.0 Å². The highest BCUT2D eigenvalue weighted by Crippen LogP contribution is 2.35. The summed E-state index contributed by atoms with van der Waals surface area (Å²) in [5.74, 6) is -3.92. The monoisotopic (exact) mass is 297 g/mol. The maximum Gasteiger partial charge on any atom is 0.329 e. The van der Waals surface area contributed by atoms with Crippen molar-refractivity contribution in [3.8, 4) is 0 Å². The molecule has 1 saturated heterocycles. The highest BCUT2D eigenvalue weighted by atomic mass is 19.1. The Balaban J connectivity index is 2.50. The van der Waals surface area contributed by atoms with E-state index in [2.05, 4.69) is 0 Å². The van der Waals surface area contributed by atoms with Crippen molar-refractivity contribution in [2.45, 2.75) is 38.6 Å². The van der Waals surface area contributed by atoms with E-state index in [0.29, 0.717) is 12.8 Å². The summed E-state index contributed by atoms with van der Waals surface area (Å²) in [5.41, 5.74) is -1.90. The van der Waals surface area contributed by atoms with Crippen molar-refractivity contribution in [3.05, 3.63) is 34.9 Å². The van der Waals surface area contributed by atoms with Crippen LogP contribution in [-0.2, 0) is 4.79 Å². The molecular formula is C15H17F2NO3. The molecule has 0 spiro atoms. The molecule has 6 heteroatoms. The molecule has 1 heterocycles. The summed E-state index contributed by atoms with van der Waals surface area (Å²) < 4.78 is 27.9. The summed E-state index contributed by atoms with van der Waals surface area (Å²) in [6.07, 6.45) is 0.990. The molecule has 1 atom stereocenters. The Hall–Kier alpha value is -1.98. The molecule has 1 aromatic rings. The van der Waals surface area contributed by atoms with Gasteiger partial charge in [0.2, 0.25) is 0 Å². The summed E-state index contributed by atoms with van der Waals surface area (Å²) in [4.78, 5) is 25.2. The minimum atomic E-state index is -1.38. The number of hydrogen-bond donors (Lipinski definition) is 1. The number of halogens is 2. The second-order valence-corrected chi connectivity index (χ2v) is 5.30. The molecule has 1 aliphatic rings. The topological polar surface area (TPSA) is 57.6 Å². The fourth-order valence-corrected chi connectivity index (χ4v) is 2.90. The van der Waals surface area contributed by atoms with Crippen LogP contribution in [0, 0.1) is 18.6 Å². The van der Waals surface area contributed by atoms with Gasteiger partial charge in [0.1, 0.15) is 22.7 Å². The van der Waals surface area contributed by atoms with Crippen LogP contribution in [0.3, 0.4) is 0 Å². The number of rotatable bonds is 3. The van der Waals surface area contributed by atoms with Crippen LogP contribution in [0.5, 0.6) is 0 Å². The van der Waals surface area contributed by atoms with Crippen molar-refractivity contribution in [1.29, 1.82) is 0 Å². The molecule has 2 rings (SSSR count). The van der Waals surface area contributed by atoms with E-state index in [1.807, 2.05) is 0 Å². The molecule has 1 aliphatic heterocycles. The molecule has 1 fully saturated rings. The first kappa shape index (κ1) is 15.4. The summed E-state index contributed by atoms with van der Waals surface area (Å²) >= 11 is 0. The number of carboxylic acids is 1. The van der Waals surface area contributed by atoms with Gasteiger partial charge in [-0.05, 0) is 37.8 Å². The summed E-state index contributed by atoms with van der Waals surface area (Å²) in [6.45, 7) is 3.27. The molecule has 0 radical (unpaired) electrons. The van der Waals surface area contributed by atoms with Crippen LogP contribution in [0.4, 0.5) is 8.78 Å². The van der Waals surface area contributed by atoms with E-state index in [-0.39, 0.29) is 18.5 Å². The van der Waals surface area contributed by atoms with Crippen LogP contribution in [0.15, 0.2) is 12.1 Å². The summed E-state index contributed by atoms with van der Waals surface area (Å²) in [7, 11) is 0. The van der Waals surface area contributed by atoms with Gasteiger partial charge in [0.15, 0.2) is 0 Å². The largest absolute Gasteiger partial charge is 0.479 e. The zero-order chi connectivity index (χ0) is 15.8. The fourth-order valence-electron chi connectivity index (χ4n) is 2.90. The number of nitrogens with zero attached hydrogens (tertiary/aromatic N) is 1. The normalized spacial score (nSPS) is 21.6. The zero-order valence-corrected chi connectivity index (χ0v) is 11.9. The highest BCUT2D eigenvalue weighted by Gasteiger charge is 2.49. The van der Waals surface area contributed by atoms with E-state index in [9.17, 15) is 23.5 Å². The molecule has 1 N–H and O–H groups in total. The molecule has 1 amide bonds. The molecule has 114 valence electrons. The number of likely N-dealkylation sites (tertiary alicyclic amines) is 1. The number of aryl methyl sites for hydroxylation is 1. The maximum absolute atomic E-state index is 14.1. The first-order valence-electron chi connectivity index (χ1n) is 6.85. The van der Waals surface area contributed by atoms with E-state index >= 15 is 0 Å². The van der Waals surface area contributed by atoms with Crippen molar-refractivity contribution in [1.82, 2.24) is 4.90 Å². The lowest BCUT2D eigenvalue weighted by molar-refractivity contribution is -0.148. The van der Waals surface area contributed by atoms with Gasteiger partial charge in [-0.25, -0.2) is 13.6 Å². The van der Waals surface area contributed by atoms with Crippen molar-refractivity contribution >= 4 is 11.9 Å². The van der Waals surface area contributed by atoms with Crippen LogP contribution < -0.4 is 0 Å². The van der Waals surface area contributed by atoms with Crippen molar-refractivity contribution < 1.29 is 23.5 Å². The SMILES string of the molecule is CCC1(C(=O)O)CCCN1C(=O)c1c(F)ccc(C)c1F. The van der Waals surface area contributed by atoms with Gasteiger partial charge >= 0.3 is 5.97 Å². The lowest BCUT2D eigenvalue weighted by Gasteiger charge is -2.34. The number of benzene rings is 1. The second kappa shape index (κ2) is 5.42. The number of amides is 1. The standard InChI is InChI=1S/C15H17F2NO3/c1-3-15(14(20)21)7-4-8-18(15)13(19)11-10(16)6-5-9(2)12(11)17/h5-6H,3-4,7-8H2,1-2H3,(H,20,21). The molecular weight excluding hydrogens is 280 g/mol. The number of carbonyl (C=O) groups is 2. The van der Waals surface area contributed by atoms with Crippen molar-refractivity contribution in [2.75, 3.05) is 6.54 Å². The van der Waals surface area contributed by atoms with Gasteiger partial charge in [-0.2, -0.15) is 0 Å². The Morgan fingerprint density at radius 3 is 2.62 bits per heavy atom. The van der Waals surface area contributed by atoms with Gasteiger partial charge < -0.3 is 10.0 Å². The molecule has 1 aromatic carbocycles. The first-order valence-corrected chi connectivity index (χ1v) is 6.85. The van der Waals surface area contributed by atoms with Crippen molar-refractivity contribution in [3.63, 3.8) is 0 Å². The third kappa shape index (κ3) is 2.28. The highest BCUT2D eigenvalue weighted by molar-refractivity contribution is 5.99. The Kier molecular flexibility index (Phi) is 3.98. The molecule has 0 saturated carbocycles. The third-order valence-electron chi connectivity index (χ3n) is 4.21. The summed E-state index contributed by atoms with van der Waals surface area (Å²) in [6, 6.07) is 2.27. The van der Waals surface area contributed by atoms with Gasteiger partial charge in [-0.3, -0.25) is 4.79 Å². The van der Waals surface area contributed by atoms with E-state index in [1.54, 1.807) is 6.92 Å². The van der Waals surface area contributed by atoms with E-state index in [4.69, 9.17) is 0 Å². The maximum atomic E-state index is 14.1. The van der Waals surface area contributed by atoms with E-state index in [1.165, 1.54) is 13.0 Å². The van der Waals surface area contributed by atoms with Gasteiger partial charge in [-0.15, -0.1) is 0 Å². The van der Waals surface area contributed by atoms with Gasteiger partial charge in [0.25, 0.3) is 5.91 Å². The van der Waals surface area contributed by atoms with Gasteiger partial charge in [0, 0.05) is 6.54 Å². The minimum Gasteiger partial charge on any atom is -0.479 e. The summed E-state index contributed by atoms with van der Waals surface area (Å²) in [5, 5.41) is 9.44. The lowest BCUT2D eigenvalue weighted by Crippen LogP contribution is -2.53. The van der Waals surface area contributed by atoms with E-state index in [0.717, 1.165) is 11.0 Å². The Bertz CT molecular complexity index is 603. The molecule has 1 unspecified atom stereocenters. The molecule has 4 nitrogen and oxygen atoms in total. The Labute approximate surface area is 121 Å². The third-order valence-corrected chi connectivity index (χ3v) is 4.21. The lowest BCUT2D eigenvalue weighted by atomic mass is 9.92. The average Bonchev–Trinajstić information content (AvgIpc) is 2.88. The fraction of sp³-hybridized carbons (Fsp3) is 0.467. The molecule has 0 bridgehead atoms. The average molecular weight is 297 g/mol. The molecule has 0 aliphatic carbocycles. The predicted molar refractivity (Wildman–Crippen MR) is 72.0 cm³/mol. The second-order valence-electron chi connectivity index (χ2n) is 5.30. The quantitative estimate of drug-likeness (QED) is 0.933. The van der Waals surface area contributed by atoms with E-state index < -0.39 is 34.6 Å². The van der Waals surface area contributed by atoms with Crippen molar-refractivity contribution in [2.24, 2.45) is 0 Å².